The first kappa shape index (κ1) is 15.1. The van der Waals surface area contributed by atoms with Crippen molar-refractivity contribution in [3.63, 3.8) is 0 Å². The van der Waals surface area contributed by atoms with Crippen molar-refractivity contribution < 1.29 is 9.90 Å². The van der Waals surface area contributed by atoms with Crippen molar-refractivity contribution in [1.29, 1.82) is 0 Å². The zero-order chi connectivity index (χ0) is 13.4. The van der Waals surface area contributed by atoms with Gasteiger partial charge in [0.15, 0.2) is 0 Å². The summed E-state index contributed by atoms with van der Waals surface area (Å²) in [7, 11) is 0. The highest BCUT2D eigenvalue weighted by Crippen LogP contribution is 2.22. The number of carboxylic acids is 1. The maximum absolute atomic E-state index is 11.0. The summed E-state index contributed by atoms with van der Waals surface area (Å²) in [5.74, 6) is 0.0623. The van der Waals surface area contributed by atoms with E-state index in [9.17, 15) is 4.79 Å². The van der Waals surface area contributed by atoms with Crippen molar-refractivity contribution in [3.8, 4) is 0 Å². The lowest BCUT2D eigenvalue weighted by Gasteiger charge is -2.13. The summed E-state index contributed by atoms with van der Waals surface area (Å²) in [6, 6.07) is 7.75. The smallest absolute Gasteiger partial charge is 0.320 e. The van der Waals surface area contributed by atoms with Crippen LogP contribution in [0.25, 0.3) is 0 Å². The zero-order valence-corrected chi connectivity index (χ0v) is 11.8. The third-order valence-corrected chi connectivity index (χ3v) is 3.91. The van der Waals surface area contributed by atoms with Crippen molar-refractivity contribution in [2.24, 2.45) is 0 Å². The Bertz CT molecular complexity index is 382. The third kappa shape index (κ3) is 5.10. The fourth-order valence-corrected chi connectivity index (χ4v) is 2.68. The minimum Gasteiger partial charge on any atom is -0.480 e. The Hall–Kier alpha value is -1.00. The van der Waals surface area contributed by atoms with Crippen LogP contribution in [0.4, 0.5) is 0 Å². The molecule has 0 aliphatic rings. The fraction of sp³-hybridized carbons (Fsp3) is 0.500. The SMILES string of the molecule is CCCNC(CCSc1ccccc1C)C(=O)O. The molecule has 100 valence electrons. The predicted octanol–water partition coefficient (Wildman–Crippen LogP) is 2.93. The lowest BCUT2D eigenvalue weighted by Crippen LogP contribution is -2.37. The van der Waals surface area contributed by atoms with E-state index in [1.165, 1.54) is 10.5 Å². The molecule has 0 fully saturated rings. The number of aliphatic carboxylic acids is 1. The van der Waals surface area contributed by atoms with E-state index in [1.807, 2.05) is 19.1 Å². The summed E-state index contributed by atoms with van der Waals surface area (Å²) >= 11 is 1.72. The Morgan fingerprint density at radius 2 is 2.17 bits per heavy atom. The number of hydrogen-bond acceptors (Lipinski definition) is 3. The van der Waals surface area contributed by atoms with E-state index in [0.717, 1.165) is 18.7 Å². The van der Waals surface area contributed by atoms with Gasteiger partial charge in [0, 0.05) is 10.6 Å². The van der Waals surface area contributed by atoms with Gasteiger partial charge in [-0.25, -0.2) is 0 Å². The average molecular weight is 267 g/mol. The quantitative estimate of drug-likeness (QED) is 0.711. The second kappa shape index (κ2) is 8.16. The second-order valence-electron chi connectivity index (χ2n) is 4.25. The molecule has 3 nitrogen and oxygen atoms in total. The summed E-state index contributed by atoms with van der Waals surface area (Å²) in [5, 5.41) is 12.1. The molecule has 0 heterocycles. The van der Waals surface area contributed by atoms with E-state index >= 15 is 0 Å². The number of nitrogens with one attached hydrogen (secondary N) is 1. The average Bonchev–Trinajstić information content (AvgIpc) is 2.35. The van der Waals surface area contributed by atoms with Crippen LogP contribution in [0.3, 0.4) is 0 Å². The lowest BCUT2D eigenvalue weighted by molar-refractivity contribution is -0.139. The molecular formula is C14H21NO2S. The Morgan fingerprint density at radius 3 is 2.78 bits per heavy atom. The summed E-state index contributed by atoms with van der Waals surface area (Å²) in [6.07, 6.45) is 1.60. The van der Waals surface area contributed by atoms with Gasteiger partial charge < -0.3 is 10.4 Å². The van der Waals surface area contributed by atoms with Crippen LogP contribution in [-0.2, 0) is 4.79 Å². The van der Waals surface area contributed by atoms with Crippen LogP contribution in [0.5, 0.6) is 0 Å². The molecule has 0 aliphatic heterocycles. The Morgan fingerprint density at radius 1 is 1.44 bits per heavy atom. The summed E-state index contributed by atoms with van der Waals surface area (Å²) in [6.45, 7) is 4.87. The predicted molar refractivity (Wildman–Crippen MR) is 76.2 cm³/mol. The standard InChI is InChI=1S/C14H21NO2S/c1-3-9-15-12(14(16)17)8-10-18-13-7-5-4-6-11(13)2/h4-7,12,15H,3,8-10H2,1-2H3,(H,16,17). The number of benzene rings is 1. The number of rotatable bonds is 8. The molecule has 1 rings (SSSR count). The van der Waals surface area contributed by atoms with Crippen LogP contribution >= 0.6 is 11.8 Å². The van der Waals surface area contributed by atoms with Gasteiger partial charge in [-0.2, -0.15) is 0 Å². The summed E-state index contributed by atoms with van der Waals surface area (Å²) < 4.78 is 0. The topological polar surface area (TPSA) is 49.3 Å². The van der Waals surface area contributed by atoms with Crippen molar-refractivity contribution in [2.45, 2.75) is 37.6 Å². The van der Waals surface area contributed by atoms with E-state index in [0.29, 0.717) is 6.42 Å². The van der Waals surface area contributed by atoms with Crippen molar-refractivity contribution >= 4 is 17.7 Å². The number of carbonyl (C=O) groups is 1. The molecule has 0 radical (unpaired) electrons. The summed E-state index contributed by atoms with van der Waals surface area (Å²) in [4.78, 5) is 12.3. The first-order valence-corrected chi connectivity index (χ1v) is 7.28. The highest BCUT2D eigenvalue weighted by molar-refractivity contribution is 7.99. The van der Waals surface area contributed by atoms with Gasteiger partial charge in [-0.1, -0.05) is 25.1 Å². The second-order valence-corrected chi connectivity index (χ2v) is 5.38. The molecule has 0 aliphatic carbocycles. The van der Waals surface area contributed by atoms with Crippen LogP contribution in [0.1, 0.15) is 25.3 Å². The van der Waals surface area contributed by atoms with Gasteiger partial charge >= 0.3 is 5.97 Å². The molecule has 0 spiro atoms. The molecule has 1 aromatic carbocycles. The van der Waals surface area contributed by atoms with E-state index in [-0.39, 0.29) is 0 Å². The van der Waals surface area contributed by atoms with E-state index in [4.69, 9.17) is 5.11 Å². The van der Waals surface area contributed by atoms with Crippen LogP contribution in [-0.4, -0.2) is 29.4 Å². The largest absolute Gasteiger partial charge is 0.480 e. The van der Waals surface area contributed by atoms with Crippen LogP contribution in [0.2, 0.25) is 0 Å². The number of hydrogen-bond donors (Lipinski definition) is 2. The first-order valence-electron chi connectivity index (χ1n) is 6.29. The van der Waals surface area contributed by atoms with Crippen LogP contribution in [0, 0.1) is 6.92 Å². The van der Waals surface area contributed by atoms with Crippen molar-refractivity contribution in [1.82, 2.24) is 5.32 Å². The van der Waals surface area contributed by atoms with Gasteiger partial charge in [-0.05, 0) is 37.9 Å². The molecule has 0 saturated carbocycles. The molecule has 0 bridgehead atoms. The fourth-order valence-electron chi connectivity index (χ4n) is 1.64. The molecule has 1 unspecified atom stereocenters. The molecule has 0 amide bonds. The highest BCUT2D eigenvalue weighted by Gasteiger charge is 2.15. The van der Waals surface area contributed by atoms with Crippen LogP contribution < -0.4 is 5.32 Å². The molecule has 0 saturated heterocycles. The van der Waals surface area contributed by atoms with Crippen LogP contribution in [0.15, 0.2) is 29.2 Å². The normalized spacial score (nSPS) is 12.3. The molecule has 2 N–H and O–H groups in total. The van der Waals surface area contributed by atoms with Gasteiger partial charge in [0.25, 0.3) is 0 Å². The Kier molecular flexibility index (Phi) is 6.83. The van der Waals surface area contributed by atoms with Gasteiger partial charge in [-0.15, -0.1) is 11.8 Å². The highest BCUT2D eigenvalue weighted by atomic mass is 32.2. The number of aryl methyl sites for hydroxylation is 1. The minimum atomic E-state index is -0.756. The monoisotopic (exact) mass is 267 g/mol. The Labute approximate surface area is 113 Å². The molecular weight excluding hydrogens is 246 g/mol. The van der Waals surface area contributed by atoms with Gasteiger partial charge in [-0.3, -0.25) is 4.79 Å². The Balaban J connectivity index is 2.39. The third-order valence-electron chi connectivity index (χ3n) is 2.70. The molecule has 4 heteroatoms. The van der Waals surface area contributed by atoms with Gasteiger partial charge in [0.05, 0.1) is 0 Å². The van der Waals surface area contributed by atoms with E-state index < -0.39 is 12.0 Å². The first-order chi connectivity index (χ1) is 8.65. The number of thioether (sulfide) groups is 1. The van der Waals surface area contributed by atoms with Gasteiger partial charge in [0.1, 0.15) is 6.04 Å². The zero-order valence-electron chi connectivity index (χ0n) is 11.0. The maximum atomic E-state index is 11.0. The van der Waals surface area contributed by atoms with E-state index in [2.05, 4.69) is 24.4 Å². The lowest BCUT2D eigenvalue weighted by atomic mass is 10.2. The van der Waals surface area contributed by atoms with Gasteiger partial charge in [0.2, 0.25) is 0 Å². The molecule has 1 aromatic rings. The maximum Gasteiger partial charge on any atom is 0.320 e. The molecule has 0 aromatic heterocycles. The van der Waals surface area contributed by atoms with Crippen molar-refractivity contribution in [3.05, 3.63) is 29.8 Å². The summed E-state index contributed by atoms with van der Waals surface area (Å²) in [5.41, 5.74) is 1.25. The molecule has 1 atom stereocenters. The molecule has 18 heavy (non-hydrogen) atoms. The van der Waals surface area contributed by atoms with Crippen molar-refractivity contribution in [2.75, 3.05) is 12.3 Å². The van der Waals surface area contributed by atoms with E-state index in [1.54, 1.807) is 11.8 Å². The number of carboxylic acid groups (broad SMARTS) is 1. The minimum absolute atomic E-state index is 0.429.